The van der Waals surface area contributed by atoms with Crippen molar-refractivity contribution in [3.63, 3.8) is 0 Å². The van der Waals surface area contributed by atoms with Crippen molar-refractivity contribution in [3.05, 3.63) is 65.7 Å². The van der Waals surface area contributed by atoms with Gasteiger partial charge < -0.3 is 25.0 Å². The van der Waals surface area contributed by atoms with Crippen LogP contribution in [0, 0.1) is 11.8 Å². The Bertz CT molecular complexity index is 1160. The van der Waals surface area contributed by atoms with Gasteiger partial charge in [0.2, 0.25) is 10.0 Å². The minimum atomic E-state index is -3.94. The maximum atomic E-state index is 13.6. The first-order chi connectivity index (χ1) is 18.7. The molecule has 2 aromatic rings. The molecule has 1 saturated carbocycles. The number of carbonyl (C=O) groups is 1. The van der Waals surface area contributed by atoms with Crippen LogP contribution in [-0.2, 0) is 32.5 Å². The molecule has 4 rings (SSSR count). The van der Waals surface area contributed by atoms with Gasteiger partial charge in [0.1, 0.15) is 6.10 Å². The Labute approximate surface area is 231 Å². The SMILES string of the molecule is CC(C)CN(CC(O)C(Cc1ccccc1)NC(=O)O[C@@H]1C[C@@H]2CCO[C@@H]2C1)S(=O)(=O)c1ccc(CO)cc1. The highest BCUT2D eigenvalue weighted by atomic mass is 32.2. The number of nitrogens with one attached hydrogen (secondary N) is 1. The summed E-state index contributed by atoms with van der Waals surface area (Å²) in [6.45, 7) is 4.35. The molecule has 1 aliphatic carbocycles. The highest BCUT2D eigenvalue weighted by Crippen LogP contribution is 2.37. The molecule has 39 heavy (non-hydrogen) atoms. The molecular weight excluding hydrogens is 520 g/mol. The maximum absolute atomic E-state index is 13.6. The van der Waals surface area contributed by atoms with Crippen molar-refractivity contribution in [1.29, 1.82) is 0 Å². The number of alkyl carbamates (subject to hydrolysis) is 1. The number of sulfonamides is 1. The molecule has 1 aliphatic heterocycles. The molecule has 0 spiro atoms. The summed E-state index contributed by atoms with van der Waals surface area (Å²) in [7, 11) is -3.94. The minimum Gasteiger partial charge on any atom is -0.446 e. The number of rotatable bonds is 12. The Hall–Kier alpha value is -2.50. The van der Waals surface area contributed by atoms with Crippen LogP contribution in [0.5, 0.6) is 0 Å². The van der Waals surface area contributed by atoms with Gasteiger partial charge in [-0.05, 0) is 54.4 Å². The number of aliphatic hydroxyl groups is 2. The van der Waals surface area contributed by atoms with Gasteiger partial charge in [-0.25, -0.2) is 13.2 Å². The van der Waals surface area contributed by atoms with Crippen LogP contribution < -0.4 is 5.32 Å². The van der Waals surface area contributed by atoms with E-state index >= 15 is 0 Å². The molecule has 0 aromatic heterocycles. The van der Waals surface area contributed by atoms with Crippen molar-refractivity contribution in [2.24, 2.45) is 11.8 Å². The maximum Gasteiger partial charge on any atom is 0.407 e. The number of hydrogen-bond donors (Lipinski definition) is 3. The number of nitrogens with zero attached hydrogens (tertiary/aromatic N) is 1. The molecule has 1 amide bonds. The standard InChI is InChI=1S/C29H40N2O7S/c1-20(2)17-31(39(35,36)25-10-8-22(19-32)9-11-25)18-27(33)26(14-21-6-4-3-5-7-21)30-29(34)38-24-15-23-12-13-37-28(23)16-24/h3-11,20,23-24,26-28,32-33H,12-19H2,1-2H3,(H,30,34)/t23-,24+,26?,27?,28+/m0/s1. The zero-order chi connectivity index (χ0) is 28.0. The van der Waals surface area contributed by atoms with E-state index in [2.05, 4.69) is 5.32 Å². The van der Waals surface area contributed by atoms with Crippen LogP contribution >= 0.6 is 0 Å². The molecule has 0 radical (unpaired) electrons. The molecule has 5 atom stereocenters. The fourth-order valence-electron chi connectivity index (χ4n) is 5.43. The summed E-state index contributed by atoms with van der Waals surface area (Å²) in [5, 5.41) is 23.5. The van der Waals surface area contributed by atoms with Crippen LogP contribution in [0.3, 0.4) is 0 Å². The number of hydrogen-bond acceptors (Lipinski definition) is 7. The largest absolute Gasteiger partial charge is 0.446 e. The zero-order valence-corrected chi connectivity index (χ0v) is 23.4. The summed E-state index contributed by atoms with van der Waals surface area (Å²) < 4.78 is 39.8. The van der Waals surface area contributed by atoms with Crippen molar-refractivity contribution < 1.29 is 32.9 Å². The first-order valence-corrected chi connectivity index (χ1v) is 15.1. The van der Waals surface area contributed by atoms with Crippen LogP contribution in [0.25, 0.3) is 0 Å². The average Bonchev–Trinajstić information content (AvgIpc) is 3.50. The van der Waals surface area contributed by atoms with Crippen molar-refractivity contribution in [3.8, 4) is 0 Å². The quantitative estimate of drug-likeness (QED) is 0.364. The third kappa shape index (κ3) is 7.79. The van der Waals surface area contributed by atoms with Crippen molar-refractivity contribution in [1.82, 2.24) is 9.62 Å². The highest BCUT2D eigenvalue weighted by molar-refractivity contribution is 7.89. The fraction of sp³-hybridized carbons (Fsp3) is 0.552. The lowest BCUT2D eigenvalue weighted by Gasteiger charge is -2.31. The van der Waals surface area contributed by atoms with E-state index in [1.807, 2.05) is 44.2 Å². The first-order valence-electron chi connectivity index (χ1n) is 13.7. The van der Waals surface area contributed by atoms with Crippen molar-refractivity contribution in [2.75, 3.05) is 19.7 Å². The summed E-state index contributed by atoms with van der Waals surface area (Å²) in [6.07, 6.45) is 0.775. The normalized spacial score (nSPS) is 22.6. The van der Waals surface area contributed by atoms with E-state index in [1.165, 1.54) is 16.4 Å². The van der Waals surface area contributed by atoms with Crippen molar-refractivity contribution in [2.45, 2.75) is 75.4 Å². The van der Waals surface area contributed by atoms with E-state index in [9.17, 15) is 23.4 Å². The topological polar surface area (TPSA) is 125 Å². The van der Waals surface area contributed by atoms with Crippen LogP contribution in [0.15, 0.2) is 59.5 Å². The predicted octanol–water partition coefficient (Wildman–Crippen LogP) is 3.09. The molecule has 1 saturated heterocycles. The van der Waals surface area contributed by atoms with E-state index < -0.39 is 28.3 Å². The molecule has 0 bridgehead atoms. The molecule has 2 aromatic carbocycles. The Morgan fingerprint density at radius 2 is 1.79 bits per heavy atom. The van der Waals surface area contributed by atoms with Gasteiger partial charge in [0.25, 0.3) is 0 Å². The molecule has 214 valence electrons. The van der Waals surface area contributed by atoms with Crippen molar-refractivity contribution >= 4 is 16.1 Å². The minimum absolute atomic E-state index is 0.00164. The monoisotopic (exact) mass is 560 g/mol. The number of benzene rings is 2. The molecule has 2 unspecified atom stereocenters. The lowest BCUT2D eigenvalue weighted by atomic mass is 10.0. The Morgan fingerprint density at radius 3 is 2.44 bits per heavy atom. The third-order valence-electron chi connectivity index (χ3n) is 7.45. The number of carbonyl (C=O) groups excluding carboxylic acids is 1. The summed E-state index contributed by atoms with van der Waals surface area (Å²) in [5.41, 5.74) is 1.50. The molecule has 2 aliphatic rings. The van der Waals surface area contributed by atoms with E-state index in [-0.39, 0.29) is 42.7 Å². The number of aliphatic hydroxyl groups excluding tert-OH is 2. The number of fused-ring (bicyclic) bond motifs is 1. The smallest absolute Gasteiger partial charge is 0.407 e. The summed E-state index contributed by atoms with van der Waals surface area (Å²) in [4.78, 5) is 13.0. The van der Waals surface area contributed by atoms with Crippen LogP contribution in [0.1, 0.15) is 44.2 Å². The van der Waals surface area contributed by atoms with E-state index in [0.29, 0.717) is 24.3 Å². The van der Waals surface area contributed by atoms with Gasteiger partial charge >= 0.3 is 6.09 Å². The molecular formula is C29H40N2O7S. The number of amides is 1. The van der Waals surface area contributed by atoms with Gasteiger partial charge in [0, 0.05) is 26.1 Å². The average molecular weight is 561 g/mol. The molecule has 9 nitrogen and oxygen atoms in total. The van der Waals surface area contributed by atoms with Gasteiger partial charge in [0.15, 0.2) is 0 Å². The van der Waals surface area contributed by atoms with Gasteiger partial charge in [-0.2, -0.15) is 4.31 Å². The van der Waals surface area contributed by atoms with E-state index in [4.69, 9.17) is 9.47 Å². The predicted molar refractivity (Wildman–Crippen MR) is 146 cm³/mol. The highest BCUT2D eigenvalue weighted by Gasteiger charge is 2.40. The van der Waals surface area contributed by atoms with E-state index in [0.717, 1.165) is 25.0 Å². The second kappa shape index (κ2) is 13.2. The van der Waals surface area contributed by atoms with Gasteiger partial charge in [-0.3, -0.25) is 0 Å². The summed E-state index contributed by atoms with van der Waals surface area (Å²) >= 11 is 0. The zero-order valence-electron chi connectivity index (χ0n) is 22.6. The third-order valence-corrected chi connectivity index (χ3v) is 9.30. The van der Waals surface area contributed by atoms with Gasteiger partial charge in [0.05, 0.1) is 29.8 Å². The van der Waals surface area contributed by atoms with Crippen LogP contribution in [-0.4, -0.2) is 73.1 Å². The van der Waals surface area contributed by atoms with Gasteiger partial charge in [-0.15, -0.1) is 0 Å². The second-order valence-electron chi connectivity index (χ2n) is 11.0. The molecule has 10 heteroatoms. The fourth-order valence-corrected chi connectivity index (χ4v) is 7.05. The van der Waals surface area contributed by atoms with E-state index in [1.54, 1.807) is 12.1 Å². The lowest BCUT2D eigenvalue weighted by molar-refractivity contribution is 0.0554. The first kappa shape index (κ1) is 29.5. The summed E-state index contributed by atoms with van der Waals surface area (Å²) in [5.74, 6) is 0.410. The second-order valence-corrected chi connectivity index (χ2v) is 12.9. The van der Waals surface area contributed by atoms with Crippen LogP contribution in [0.2, 0.25) is 0 Å². The number of ether oxygens (including phenoxy) is 2. The Balaban J connectivity index is 1.49. The molecule has 3 N–H and O–H groups in total. The summed E-state index contributed by atoms with van der Waals surface area (Å²) in [6, 6.07) is 14.7. The van der Waals surface area contributed by atoms with Gasteiger partial charge in [-0.1, -0.05) is 56.3 Å². The van der Waals surface area contributed by atoms with Crippen LogP contribution in [0.4, 0.5) is 4.79 Å². The Morgan fingerprint density at radius 1 is 1.08 bits per heavy atom. The molecule has 1 heterocycles. The lowest BCUT2D eigenvalue weighted by Crippen LogP contribution is -2.51. The Kier molecular flexibility index (Phi) is 10.0. The molecule has 2 fully saturated rings.